The van der Waals surface area contributed by atoms with Crippen LogP contribution in [-0.4, -0.2) is 21.7 Å². The molecule has 0 aliphatic heterocycles. The second-order valence-corrected chi connectivity index (χ2v) is 6.39. The van der Waals surface area contributed by atoms with Crippen molar-refractivity contribution in [2.75, 3.05) is 11.9 Å². The highest BCUT2D eigenvalue weighted by atomic mass is 32.2. The molecule has 0 bridgehead atoms. The molecule has 0 unspecified atom stereocenters. The van der Waals surface area contributed by atoms with Crippen LogP contribution < -0.4 is 5.32 Å². The first-order chi connectivity index (χ1) is 9.85. The smallest absolute Gasteiger partial charge is 0.206 e. The lowest BCUT2D eigenvalue weighted by Crippen LogP contribution is -1.94. The SMILES string of the molecule is CCNc1nnc(SCc2ccc3ccccc3n2)s1. The van der Waals surface area contributed by atoms with Gasteiger partial charge in [-0.1, -0.05) is 47.4 Å². The van der Waals surface area contributed by atoms with Gasteiger partial charge < -0.3 is 5.32 Å². The number of fused-ring (bicyclic) bond motifs is 1. The molecule has 0 aliphatic rings. The summed E-state index contributed by atoms with van der Waals surface area (Å²) in [6.45, 7) is 2.92. The quantitative estimate of drug-likeness (QED) is 0.726. The normalized spacial score (nSPS) is 10.8. The average Bonchev–Trinajstić information content (AvgIpc) is 2.93. The summed E-state index contributed by atoms with van der Waals surface area (Å²) in [6, 6.07) is 12.3. The van der Waals surface area contributed by atoms with Gasteiger partial charge in [0, 0.05) is 17.7 Å². The maximum atomic E-state index is 4.65. The van der Waals surface area contributed by atoms with E-state index in [1.807, 2.05) is 25.1 Å². The summed E-state index contributed by atoms with van der Waals surface area (Å²) in [5.41, 5.74) is 2.10. The number of anilines is 1. The molecule has 0 spiro atoms. The molecule has 2 aromatic heterocycles. The molecule has 0 fully saturated rings. The first-order valence-electron chi connectivity index (χ1n) is 6.40. The summed E-state index contributed by atoms with van der Waals surface area (Å²) >= 11 is 3.25. The van der Waals surface area contributed by atoms with E-state index >= 15 is 0 Å². The van der Waals surface area contributed by atoms with Crippen molar-refractivity contribution >= 4 is 39.1 Å². The lowest BCUT2D eigenvalue weighted by Gasteiger charge is -2.01. The highest BCUT2D eigenvalue weighted by Crippen LogP contribution is 2.28. The van der Waals surface area contributed by atoms with Crippen LogP contribution in [0.15, 0.2) is 40.7 Å². The molecule has 20 heavy (non-hydrogen) atoms. The zero-order valence-electron chi connectivity index (χ0n) is 11.0. The molecule has 0 saturated carbocycles. The summed E-state index contributed by atoms with van der Waals surface area (Å²) in [5.74, 6) is 0.811. The molecule has 2 heterocycles. The van der Waals surface area contributed by atoms with E-state index in [1.54, 1.807) is 23.1 Å². The predicted octanol–water partition coefficient (Wildman–Crippen LogP) is 3.81. The standard InChI is InChI=1S/C14H14N4S2/c1-2-15-13-17-18-14(20-13)19-9-11-8-7-10-5-3-4-6-12(10)16-11/h3-8H,2,9H2,1H3,(H,15,17). The predicted molar refractivity (Wildman–Crippen MR) is 85.4 cm³/mol. The van der Waals surface area contributed by atoms with Crippen molar-refractivity contribution < 1.29 is 0 Å². The first-order valence-corrected chi connectivity index (χ1v) is 8.20. The Labute approximate surface area is 125 Å². The van der Waals surface area contributed by atoms with Crippen molar-refractivity contribution in [3.05, 3.63) is 42.1 Å². The van der Waals surface area contributed by atoms with Crippen LogP contribution in [0.5, 0.6) is 0 Å². The molecule has 102 valence electrons. The number of nitrogens with one attached hydrogen (secondary N) is 1. The molecule has 0 saturated heterocycles. The number of para-hydroxylation sites is 1. The topological polar surface area (TPSA) is 50.7 Å². The summed E-state index contributed by atoms with van der Waals surface area (Å²) in [6.07, 6.45) is 0. The molecule has 6 heteroatoms. The van der Waals surface area contributed by atoms with Gasteiger partial charge in [-0.15, -0.1) is 10.2 Å². The number of thioether (sulfide) groups is 1. The van der Waals surface area contributed by atoms with E-state index in [2.05, 4.69) is 38.7 Å². The van der Waals surface area contributed by atoms with Gasteiger partial charge in [-0.3, -0.25) is 4.98 Å². The molecule has 0 aliphatic carbocycles. The van der Waals surface area contributed by atoms with Gasteiger partial charge in [0.1, 0.15) is 0 Å². The highest BCUT2D eigenvalue weighted by Gasteiger charge is 2.05. The summed E-state index contributed by atoms with van der Waals surface area (Å²) in [4.78, 5) is 4.65. The number of aromatic nitrogens is 3. The van der Waals surface area contributed by atoms with E-state index in [4.69, 9.17) is 0 Å². The largest absolute Gasteiger partial charge is 0.360 e. The molecular formula is C14H14N4S2. The number of hydrogen-bond donors (Lipinski definition) is 1. The molecule has 3 rings (SSSR count). The van der Waals surface area contributed by atoms with Crippen LogP contribution in [0.4, 0.5) is 5.13 Å². The number of benzene rings is 1. The van der Waals surface area contributed by atoms with Crippen LogP contribution in [0.25, 0.3) is 10.9 Å². The van der Waals surface area contributed by atoms with Gasteiger partial charge in [-0.05, 0) is 19.1 Å². The van der Waals surface area contributed by atoms with Crippen molar-refractivity contribution in [2.45, 2.75) is 17.0 Å². The van der Waals surface area contributed by atoms with Gasteiger partial charge in [-0.25, -0.2) is 0 Å². The third-order valence-corrected chi connectivity index (χ3v) is 4.78. The third kappa shape index (κ3) is 3.08. The van der Waals surface area contributed by atoms with E-state index < -0.39 is 0 Å². The molecule has 1 aromatic carbocycles. The number of pyridine rings is 1. The fourth-order valence-corrected chi connectivity index (χ4v) is 3.54. The van der Waals surface area contributed by atoms with E-state index in [1.165, 1.54) is 5.39 Å². The zero-order chi connectivity index (χ0) is 13.8. The van der Waals surface area contributed by atoms with E-state index in [0.29, 0.717) is 0 Å². The number of hydrogen-bond acceptors (Lipinski definition) is 6. The van der Waals surface area contributed by atoms with E-state index in [-0.39, 0.29) is 0 Å². The van der Waals surface area contributed by atoms with Gasteiger partial charge in [0.25, 0.3) is 0 Å². The Bertz CT molecular complexity index is 711. The van der Waals surface area contributed by atoms with Crippen molar-refractivity contribution in [2.24, 2.45) is 0 Å². The van der Waals surface area contributed by atoms with Crippen molar-refractivity contribution in [1.29, 1.82) is 0 Å². The van der Waals surface area contributed by atoms with Gasteiger partial charge >= 0.3 is 0 Å². The van der Waals surface area contributed by atoms with Crippen LogP contribution in [0.3, 0.4) is 0 Å². The van der Waals surface area contributed by atoms with E-state index in [9.17, 15) is 0 Å². The van der Waals surface area contributed by atoms with E-state index in [0.717, 1.165) is 33.0 Å². The van der Waals surface area contributed by atoms with Crippen molar-refractivity contribution in [3.63, 3.8) is 0 Å². The molecule has 0 radical (unpaired) electrons. The van der Waals surface area contributed by atoms with Crippen molar-refractivity contribution in [3.8, 4) is 0 Å². The Morgan fingerprint density at radius 2 is 2.05 bits per heavy atom. The van der Waals surface area contributed by atoms with Crippen LogP contribution in [0.2, 0.25) is 0 Å². The minimum atomic E-state index is 0.811. The lowest BCUT2D eigenvalue weighted by atomic mass is 10.2. The van der Waals surface area contributed by atoms with Gasteiger partial charge in [-0.2, -0.15) is 0 Å². The molecule has 1 N–H and O–H groups in total. The maximum absolute atomic E-state index is 4.65. The molecule has 3 aromatic rings. The van der Waals surface area contributed by atoms with Gasteiger partial charge in [0.2, 0.25) is 5.13 Å². The molecule has 0 atom stereocenters. The van der Waals surface area contributed by atoms with Crippen LogP contribution in [0, 0.1) is 0 Å². The third-order valence-electron chi connectivity index (χ3n) is 2.73. The summed E-state index contributed by atoms with van der Waals surface area (Å²) < 4.78 is 0.968. The fourth-order valence-electron chi connectivity index (χ4n) is 1.82. The average molecular weight is 302 g/mol. The Morgan fingerprint density at radius 3 is 2.95 bits per heavy atom. The fraction of sp³-hybridized carbons (Fsp3) is 0.214. The number of rotatable bonds is 5. The minimum Gasteiger partial charge on any atom is -0.360 e. The Hall–Kier alpha value is -1.66. The maximum Gasteiger partial charge on any atom is 0.206 e. The van der Waals surface area contributed by atoms with Crippen LogP contribution in [0.1, 0.15) is 12.6 Å². The Balaban J connectivity index is 1.69. The Morgan fingerprint density at radius 1 is 1.15 bits per heavy atom. The second-order valence-electron chi connectivity index (χ2n) is 4.19. The van der Waals surface area contributed by atoms with Gasteiger partial charge in [0.05, 0.1) is 11.2 Å². The van der Waals surface area contributed by atoms with Gasteiger partial charge in [0.15, 0.2) is 4.34 Å². The summed E-state index contributed by atoms with van der Waals surface area (Å²) in [5, 5.41) is 13.5. The Kier molecular flexibility index (Phi) is 4.13. The van der Waals surface area contributed by atoms with Crippen molar-refractivity contribution in [1.82, 2.24) is 15.2 Å². The number of nitrogens with zero attached hydrogens (tertiary/aromatic N) is 3. The highest BCUT2D eigenvalue weighted by molar-refractivity contribution is 8.00. The monoisotopic (exact) mass is 302 g/mol. The second kappa shape index (κ2) is 6.19. The first kappa shape index (κ1) is 13.3. The molecule has 4 nitrogen and oxygen atoms in total. The summed E-state index contributed by atoms with van der Waals surface area (Å²) in [7, 11) is 0. The minimum absolute atomic E-state index is 0.811. The zero-order valence-corrected chi connectivity index (χ0v) is 12.7. The lowest BCUT2D eigenvalue weighted by molar-refractivity contribution is 1.00. The van der Waals surface area contributed by atoms with Crippen LogP contribution >= 0.6 is 23.1 Å². The molecule has 0 amide bonds. The van der Waals surface area contributed by atoms with Crippen LogP contribution in [-0.2, 0) is 5.75 Å². The molecular weight excluding hydrogens is 288 g/mol.